The fourth-order valence-electron chi connectivity index (χ4n) is 1.99. The lowest BCUT2D eigenvalue weighted by atomic mass is 10.1. The average molecular weight is 354 g/mol. The maximum Gasteiger partial charge on any atom is 0.126 e. The summed E-state index contributed by atoms with van der Waals surface area (Å²) in [4.78, 5) is 0. The maximum absolute atomic E-state index is 5.84. The van der Waals surface area contributed by atoms with E-state index in [1.165, 1.54) is 5.57 Å². The lowest BCUT2D eigenvalue weighted by Gasteiger charge is -2.12. The molecule has 0 saturated carbocycles. The lowest BCUT2D eigenvalue weighted by molar-refractivity contribution is 0.316. The van der Waals surface area contributed by atoms with E-state index in [0.717, 1.165) is 48.3 Å². The number of benzene rings is 1. The number of halogens is 1. The van der Waals surface area contributed by atoms with Crippen LogP contribution in [0.1, 0.15) is 46.1 Å². The molecule has 1 N–H and O–H groups in total. The Labute approximate surface area is 138 Å². The third kappa shape index (κ3) is 7.14. The minimum atomic E-state index is 0.678. The molecule has 0 aliphatic rings. The Morgan fingerprint density at radius 3 is 2.71 bits per heavy atom. The third-order valence-electron chi connectivity index (χ3n) is 3.15. The third-order valence-corrected chi connectivity index (χ3v) is 3.65. The van der Waals surface area contributed by atoms with Gasteiger partial charge in [0.1, 0.15) is 5.75 Å². The second-order valence-electron chi connectivity index (χ2n) is 5.71. The van der Waals surface area contributed by atoms with Gasteiger partial charge in [-0.3, -0.25) is 0 Å². The van der Waals surface area contributed by atoms with Gasteiger partial charge in [-0.2, -0.15) is 0 Å². The molecule has 21 heavy (non-hydrogen) atoms. The van der Waals surface area contributed by atoms with E-state index in [1.54, 1.807) is 0 Å². The molecule has 0 fully saturated rings. The number of nitrogens with one attached hydrogen (secondary N) is 1. The number of hydrogen-bond acceptors (Lipinski definition) is 2. The quantitative estimate of drug-likeness (QED) is 0.652. The topological polar surface area (TPSA) is 21.3 Å². The first-order valence-electron chi connectivity index (χ1n) is 7.89. The molecule has 0 spiro atoms. The molecule has 0 saturated heterocycles. The van der Waals surface area contributed by atoms with E-state index < -0.39 is 0 Å². The van der Waals surface area contributed by atoms with Gasteiger partial charge in [0.15, 0.2) is 0 Å². The molecule has 0 aliphatic heterocycles. The summed E-state index contributed by atoms with van der Waals surface area (Å²) in [6, 6.07) is 6.20. The zero-order valence-electron chi connectivity index (χ0n) is 13.7. The number of ether oxygens (including phenoxy) is 1. The summed E-state index contributed by atoms with van der Waals surface area (Å²) in [5, 5.41) is 3.51. The summed E-state index contributed by atoms with van der Waals surface area (Å²) in [7, 11) is 0. The van der Waals surface area contributed by atoms with E-state index in [2.05, 4.69) is 61.1 Å². The number of hydrogen-bond donors (Lipinski definition) is 1. The molecule has 0 heterocycles. The van der Waals surface area contributed by atoms with Gasteiger partial charge in [0.25, 0.3) is 0 Å². The zero-order valence-corrected chi connectivity index (χ0v) is 15.3. The van der Waals surface area contributed by atoms with Crippen LogP contribution in [0.5, 0.6) is 5.75 Å². The average Bonchev–Trinajstić information content (AvgIpc) is 2.45. The molecule has 0 unspecified atom stereocenters. The van der Waals surface area contributed by atoms with Crippen molar-refractivity contribution < 1.29 is 4.74 Å². The first kappa shape index (κ1) is 18.2. The van der Waals surface area contributed by atoms with Crippen molar-refractivity contribution in [3.8, 4) is 5.75 Å². The van der Waals surface area contributed by atoms with E-state index >= 15 is 0 Å². The van der Waals surface area contributed by atoms with Crippen LogP contribution in [0.3, 0.4) is 0 Å². The molecule has 0 amide bonds. The molecule has 1 aromatic rings. The second kappa shape index (κ2) is 10.0. The van der Waals surface area contributed by atoms with E-state index in [1.807, 2.05) is 12.1 Å². The highest BCUT2D eigenvalue weighted by Gasteiger charge is 2.04. The van der Waals surface area contributed by atoms with Gasteiger partial charge in [0.2, 0.25) is 0 Å². The molecular formula is C18H28BrNO. The van der Waals surface area contributed by atoms with Crippen LogP contribution in [0.4, 0.5) is 0 Å². The largest absolute Gasteiger partial charge is 0.493 e. The first-order valence-corrected chi connectivity index (χ1v) is 8.68. The Kier molecular flexibility index (Phi) is 8.70. The Morgan fingerprint density at radius 2 is 2.10 bits per heavy atom. The standard InChI is InChI=1S/C18H28BrNO/c1-5-9-21-18-8-7-17(19)11-16(18)10-15(6-2)13-20-12-14(3)4/h7-8,10-11,14,20H,5-6,9,12-13H2,1-4H3. The highest BCUT2D eigenvalue weighted by atomic mass is 79.9. The van der Waals surface area contributed by atoms with E-state index in [4.69, 9.17) is 4.74 Å². The van der Waals surface area contributed by atoms with Gasteiger partial charge in [-0.15, -0.1) is 0 Å². The molecule has 118 valence electrons. The SMILES string of the molecule is CCCOc1ccc(Br)cc1C=C(CC)CNCC(C)C. The molecule has 0 atom stereocenters. The normalized spacial score (nSPS) is 12.0. The van der Waals surface area contributed by atoms with Gasteiger partial charge < -0.3 is 10.1 Å². The Morgan fingerprint density at radius 1 is 1.33 bits per heavy atom. The Hall–Kier alpha value is -0.800. The van der Waals surface area contributed by atoms with Crippen LogP contribution in [0.2, 0.25) is 0 Å². The van der Waals surface area contributed by atoms with Gasteiger partial charge in [-0.25, -0.2) is 0 Å². The highest BCUT2D eigenvalue weighted by molar-refractivity contribution is 9.10. The monoisotopic (exact) mass is 353 g/mol. The van der Waals surface area contributed by atoms with E-state index in [-0.39, 0.29) is 0 Å². The molecule has 0 bridgehead atoms. The minimum absolute atomic E-state index is 0.678. The van der Waals surface area contributed by atoms with Crippen molar-refractivity contribution in [2.75, 3.05) is 19.7 Å². The van der Waals surface area contributed by atoms with Crippen LogP contribution in [-0.2, 0) is 0 Å². The fraction of sp³-hybridized carbons (Fsp3) is 0.556. The molecule has 1 rings (SSSR count). The van der Waals surface area contributed by atoms with Crippen molar-refractivity contribution in [1.82, 2.24) is 5.32 Å². The van der Waals surface area contributed by atoms with Crippen molar-refractivity contribution in [2.45, 2.75) is 40.5 Å². The molecule has 1 aromatic carbocycles. The number of rotatable bonds is 9. The molecule has 0 aliphatic carbocycles. The predicted octanol–water partition coefficient (Wildman–Crippen LogP) is 5.28. The molecular weight excluding hydrogens is 326 g/mol. The molecule has 3 heteroatoms. The minimum Gasteiger partial charge on any atom is -0.493 e. The summed E-state index contributed by atoms with van der Waals surface area (Å²) < 4.78 is 6.93. The smallest absolute Gasteiger partial charge is 0.126 e. The second-order valence-corrected chi connectivity index (χ2v) is 6.63. The van der Waals surface area contributed by atoms with Crippen LogP contribution in [0.15, 0.2) is 28.2 Å². The van der Waals surface area contributed by atoms with Crippen molar-refractivity contribution >= 4 is 22.0 Å². The Balaban J connectivity index is 2.84. The summed E-state index contributed by atoms with van der Waals surface area (Å²) in [6.45, 7) is 11.5. The van der Waals surface area contributed by atoms with Crippen LogP contribution in [0, 0.1) is 5.92 Å². The summed E-state index contributed by atoms with van der Waals surface area (Å²) >= 11 is 3.55. The maximum atomic E-state index is 5.84. The molecule has 0 aromatic heterocycles. The van der Waals surface area contributed by atoms with Gasteiger partial charge in [-0.1, -0.05) is 55.3 Å². The van der Waals surface area contributed by atoms with Crippen LogP contribution >= 0.6 is 15.9 Å². The van der Waals surface area contributed by atoms with Crippen LogP contribution in [0.25, 0.3) is 6.08 Å². The fourth-order valence-corrected chi connectivity index (χ4v) is 2.37. The van der Waals surface area contributed by atoms with Gasteiger partial charge in [-0.05, 0) is 43.5 Å². The van der Waals surface area contributed by atoms with Crippen molar-refractivity contribution in [3.63, 3.8) is 0 Å². The highest BCUT2D eigenvalue weighted by Crippen LogP contribution is 2.26. The van der Waals surface area contributed by atoms with Gasteiger partial charge >= 0.3 is 0 Å². The predicted molar refractivity (Wildman–Crippen MR) is 95.9 cm³/mol. The van der Waals surface area contributed by atoms with Crippen molar-refractivity contribution in [3.05, 3.63) is 33.8 Å². The lowest BCUT2D eigenvalue weighted by Crippen LogP contribution is -2.21. The van der Waals surface area contributed by atoms with Crippen molar-refractivity contribution in [1.29, 1.82) is 0 Å². The van der Waals surface area contributed by atoms with Gasteiger partial charge in [0, 0.05) is 16.6 Å². The zero-order chi connectivity index (χ0) is 15.7. The van der Waals surface area contributed by atoms with Crippen LogP contribution < -0.4 is 10.1 Å². The summed E-state index contributed by atoms with van der Waals surface area (Å²) in [5.74, 6) is 1.65. The Bertz CT molecular complexity index is 455. The van der Waals surface area contributed by atoms with Gasteiger partial charge in [0.05, 0.1) is 6.61 Å². The van der Waals surface area contributed by atoms with Crippen molar-refractivity contribution in [2.24, 2.45) is 5.92 Å². The summed E-state index contributed by atoms with van der Waals surface area (Å²) in [6.07, 6.45) is 4.32. The van der Waals surface area contributed by atoms with E-state index in [9.17, 15) is 0 Å². The summed E-state index contributed by atoms with van der Waals surface area (Å²) in [5.41, 5.74) is 2.55. The van der Waals surface area contributed by atoms with E-state index in [0.29, 0.717) is 5.92 Å². The molecule has 2 nitrogen and oxygen atoms in total. The van der Waals surface area contributed by atoms with Crippen LogP contribution in [-0.4, -0.2) is 19.7 Å². The first-order chi connectivity index (χ1) is 10.1. The molecule has 0 radical (unpaired) electrons.